The van der Waals surface area contributed by atoms with E-state index in [9.17, 15) is 32.3 Å². The lowest BCUT2D eigenvalue weighted by Crippen LogP contribution is -2.51. The van der Waals surface area contributed by atoms with E-state index in [4.69, 9.17) is 26.8 Å². The summed E-state index contributed by atoms with van der Waals surface area (Å²) < 4.78 is 69.2. The summed E-state index contributed by atoms with van der Waals surface area (Å²) in [5.74, 6) is -2.27. The predicted molar refractivity (Wildman–Crippen MR) is 156 cm³/mol. The first-order valence-electron chi connectivity index (χ1n) is 13.8. The molecule has 1 aliphatic carbocycles. The third-order valence-corrected chi connectivity index (χ3v) is 7.23. The number of primary amides is 1. The Balaban J connectivity index is 1.55. The number of hydrogen-bond acceptors (Lipinski definition) is 7. The molecule has 2 heterocycles. The number of fused-ring (bicyclic) bond motifs is 1. The van der Waals surface area contributed by atoms with Crippen LogP contribution in [0.3, 0.4) is 0 Å². The van der Waals surface area contributed by atoms with Crippen molar-refractivity contribution >= 4 is 34.3 Å². The Hall–Kier alpha value is -4.49. The quantitative estimate of drug-likeness (QED) is 0.150. The molecule has 2 aromatic heterocycles. The standard InChI is InChI=1S/C31H27ClF4N4O5/c1-2-44-28-18(14-25(37)41)13-23(39-27(28)16-3-6-20(33)7-4-16)30(43,31(34,35)36)15-38-29(42)19-11-17-5-10-24(32)40-26(17)22(12-19)45-21-8-9-21/h3-7,10-13,21,43H,2,8-9,14-15H2,1H3,(H2,37,41)(H,38,42)/t30-/m0/s1. The van der Waals surface area contributed by atoms with Crippen molar-refractivity contribution in [2.45, 2.75) is 44.1 Å². The number of ether oxygens (including phenoxy) is 2. The number of alkyl halides is 3. The van der Waals surface area contributed by atoms with E-state index < -0.39 is 48.1 Å². The van der Waals surface area contributed by atoms with E-state index in [1.807, 2.05) is 0 Å². The fourth-order valence-corrected chi connectivity index (χ4v) is 4.78. The van der Waals surface area contributed by atoms with Gasteiger partial charge in [-0.2, -0.15) is 13.2 Å². The number of halogens is 5. The van der Waals surface area contributed by atoms with Gasteiger partial charge in [-0.15, -0.1) is 0 Å². The van der Waals surface area contributed by atoms with Gasteiger partial charge in [0.25, 0.3) is 5.91 Å². The summed E-state index contributed by atoms with van der Waals surface area (Å²) in [5, 5.41) is 14.0. The highest BCUT2D eigenvalue weighted by atomic mass is 35.5. The number of nitrogens with two attached hydrogens (primary N) is 1. The third-order valence-electron chi connectivity index (χ3n) is 7.02. The van der Waals surface area contributed by atoms with Crippen molar-refractivity contribution < 1.29 is 41.7 Å². The second-order valence-corrected chi connectivity index (χ2v) is 10.9. The number of nitrogens with one attached hydrogen (secondary N) is 1. The maximum Gasteiger partial charge on any atom is 0.424 e. The van der Waals surface area contributed by atoms with Gasteiger partial charge in [0.2, 0.25) is 11.5 Å². The van der Waals surface area contributed by atoms with Gasteiger partial charge in [0.15, 0.2) is 0 Å². The molecule has 2 aromatic carbocycles. The van der Waals surface area contributed by atoms with Gasteiger partial charge >= 0.3 is 6.18 Å². The number of benzene rings is 2. The maximum atomic E-state index is 14.7. The Kier molecular flexibility index (Phi) is 8.86. The van der Waals surface area contributed by atoms with Crippen LogP contribution in [0.5, 0.6) is 11.5 Å². The topological polar surface area (TPSA) is 137 Å². The first kappa shape index (κ1) is 31.9. The van der Waals surface area contributed by atoms with Crippen LogP contribution in [0.4, 0.5) is 17.6 Å². The van der Waals surface area contributed by atoms with Crippen molar-refractivity contribution in [3.05, 3.63) is 82.4 Å². The minimum absolute atomic E-state index is 0.0422. The number of nitrogens with zero attached hydrogens (tertiary/aromatic N) is 2. The molecule has 14 heteroatoms. The van der Waals surface area contributed by atoms with Crippen LogP contribution in [-0.4, -0.2) is 52.3 Å². The van der Waals surface area contributed by atoms with Crippen molar-refractivity contribution in [3.8, 4) is 22.8 Å². The van der Waals surface area contributed by atoms with Gasteiger partial charge in [0.05, 0.1) is 31.4 Å². The molecule has 236 valence electrons. The molecular formula is C31H27ClF4N4O5. The minimum Gasteiger partial charge on any atom is -0.491 e. The van der Waals surface area contributed by atoms with Crippen LogP contribution < -0.4 is 20.5 Å². The molecule has 45 heavy (non-hydrogen) atoms. The molecule has 2 amide bonds. The molecule has 1 aliphatic rings. The number of carbonyl (C=O) groups excluding carboxylic acids is 2. The Bertz CT molecular complexity index is 1770. The van der Waals surface area contributed by atoms with Crippen LogP contribution in [0.1, 0.15) is 41.4 Å². The Morgan fingerprint density at radius 2 is 1.80 bits per heavy atom. The van der Waals surface area contributed by atoms with Gasteiger partial charge < -0.3 is 25.6 Å². The SMILES string of the molecule is CCOc1c(CC(N)=O)cc([C@@](O)(CNC(=O)c2cc(OC3CC3)c3nc(Cl)ccc3c2)C(F)(F)F)nc1-c1ccc(F)cc1. The molecule has 1 fully saturated rings. The number of pyridine rings is 2. The van der Waals surface area contributed by atoms with E-state index in [0.717, 1.165) is 31.0 Å². The molecule has 4 N–H and O–H groups in total. The first-order chi connectivity index (χ1) is 21.3. The van der Waals surface area contributed by atoms with Gasteiger partial charge in [0, 0.05) is 22.1 Å². The molecule has 5 rings (SSSR count). The molecule has 4 aromatic rings. The summed E-state index contributed by atoms with van der Waals surface area (Å²) in [7, 11) is 0. The Labute approximate surface area is 259 Å². The second-order valence-electron chi connectivity index (χ2n) is 10.5. The molecule has 0 spiro atoms. The van der Waals surface area contributed by atoms with E-state index in [0.29, 0.717) is 10.9 Å². The number of rotatable bonds is 11. The van der Waals surface area contributed by atoms with Crippen molar-refractivity contribution in [2.24, 2.45) is 5.73 Å². The summed E-state index contributed by atoms with van der Waals surface area (Å²) in [6.07, 6.45) is -4.42. The number of amides is 2. The fraction of sp³-hybridized carbons (Fsp3) is 0.290. The first-order valence-corrected chi connectivity index (χ1v) is 14.2. The molecule has 1 atom stereocenters. The number of aromatic nitrogens is 2. The summed E-state index contributed by atoms with van der Waals surface area (Å²) in [5.41, 5.74) is 0.884. The summed E-state index contributed by atoms with van der Waals surface area (Å²) in [6.45, 7) is 0.294. The highest BCUT2D eigenvalue weighted by Crippen LogP contribution is 2.42. The van der Waals surface area contributed by atoms with Crippen LogP contribution in [0, 0.1) is 5.82 Å². The lowest BCUT2D eigenvalue weighted by molar-refractivity contribution is -0.265. The summed E-state index contributed by atoms with van der Waals surface area (Å²) in [6, 6.07) is 11.4. The number of aliphatic hydroxyl groups is 1. The van der Waals surface area contributed by atoms with Crippen LogP contribution in [0.25, 0.3) is 22.2 Å². The highest BCUT2D eigenvalue weighted by Gasteiger charge is 2.56. The van der Waals surface area contributed by atoms with E-state index in [-0.39, 0.29) is 51.7 Å². The van der Waals surface area contributed by atoms with Crippen LogP contribution in [-0.2, 0) is 16.8 Å². The maximum absolute atomic E-state index is 14.7. The minimum atomic E-state index is -5.37. The molecule has 0 radical (unpaired) electrons. The third kappa shape index (κ3) is 6.94. The monoisotopic (exact) mass is 646 g/mol. The zero-order valence-corrected chi connectivity index (χ0v) is 24.5. The summed E-state index contributed by atoms with van der Waals surface area (Å²) in [4.78, 5) is 33.5. The fourth-order valence-electron chi connectivity index (χ4n) is 4.64. The van der Waals surface area contributed by atoms with E-state index in [2.05, 4.69) is 15.3 Å². The average molecular weight is 647 g/mol. The van der Waals surface area contributed by atoms with Gasteiger partial charge in [-0.1, -0.05) is 11.6 Å². The second kappa shape index (κ2) is 12.5. The van der Waals surface area contributed by atoms with E-state index >= 15 is 0 Å². The van der Waals surface area contributed by atoms with E-state index in [1.165, 1.54) is 30.3 Å². The molecule has 0 aliphatic heterocycles. The number of carbonyl (C=O) groups is 2. The van der Waals surface area contributed by atoms with Gasteiger partial charge in [-0.25, -0.2) is 14.4 Å². The van der Waals surface area contributed by atoms with E-state index in [1.54, 1.807) is 13.0 Å². The molecule has 0 saturated heterocycles. The average Bonchev–Trinajstić information content (AvgIpc) is 3.80. The lowest BCUT2D eigenvalue weighted by Gasteiger charge is -2.31. The molecule has 9 nitrogen and oxygen atoms in total. The lowest BCUT2D eigenvalue weighted by atomic mass is 9.93. The predicted octanol–water partition coefficient (Wildman–Crippen LogP) is 5.24. The molecule has 0 bridgehead atoms. The zero-order chi connectivity index (χ0) is 32.5. The Morgan fingerprint density at radius 3 is 2.42 bits per heavy atom. The van der Waals surface area contributed by atoms with Crippen molar-refractivity contribution in [2.75, 3.05) is 13.2 Å². The highest BCUT2D eigenvalue weighted by molar-refractivity contribution is 6.29. The van der Waals surface area contributed by atoms with Gasteiger partial charge in [0.1, 0.15) is 33.7 Å². The number of hydrogen-bond donors (Lipinski definition) is 3. The van der Waals surface area contributed by atoms with Crippen LogP contribution in [0.2, 0.25) is 5.15 Å². The van der Waals surface area contributed by atoms with Crippen molar-refractivity contribution in [3.63, 3.8) is 0 Å². The van der Waals surface area contributed by atoms with Crippen LogP contribution >= 0.6 is 11.6 Å². The van der Waals surface area contributed by atoms with Crippen molar-refractivity contribution in [1.29, 1.82) is 0 Å². The largest absolute Gasteiger partial charge is 0.491 e. The van der Waals surface area contributed by atoms with Gasteiger partial charge in [-0.3, -0.25) is 9.59 Å². The van der Waals surface area contributed by atoms with Crippen molar-refractivity contribution in [1.82, 2.24) is 15.3 Å². The van der Waals surface area contributed by atoms with Crippen LogP contribution in [0.15, 0.2) is 54.6 Å². The normalized spacial score (nSPS) is 14.6. The Morgan fingerprint density at radius 1 is 1.09 bits per heavy atom. The summed E-state index contributed by atoms with van der Waals surface area (Å²) >= 11 is 6.03. The molecular weight excluding hydrogens is 620 g/mol. The molecule has 0 unspecified atom stereocenters. The van der Waals surface area contributed by atoms with Gasteiger partial charge in [-0.05, 0) is 74.4 Å². The molecule has 1 saturated carbocycles. The zero-order valence-electron chi connectivity index (χ0n) is 23.8. The smallest absolute Gasteiger partial charge is 0.424 e.